The predicted molar refractivity (Wildman–Crippen MR) is 155 cm³/mol. The first-order valence-corrected chi connectivity index (χ1v) is 13.0. The molecular weight excluding hydrogens is 524 g/mol. The van der Waals surface area contributed by atoms with Gasteiger partial charge in [0.15, 0.2) is 17.2 Å². The maximum Gasteiger partial charge on any atom is 0.188 e. The first-order chi connectivity index (χ1) is 19.6. The number of hydrogen-bond acceptors (Lipinski definition) is 7. The molecule has 0 radical (unpaired) electrons. The number of aryl methyl sites for hydroxylation is 1. The normalized spacial score (nSPS) is 16.1. The van der Waals surface area contributed by atoms with Gasteiger partial charge in [-0.05, 0) is 36.8 Å². The molecule has 1 aliphatic heterocycles. The number of pyridine rings is 1. The standard InChI is InChI=1S/C32H23ClN4O3/c1-20-9-8-13-24-29(20)35-19-36-30(24)28(32-31(37-38)27(40-32)17-22-11-6-7-16-34-22)23-12-3-5-15-26(23)39-18-21-10-2-4-14-25(21)33/h2-17,19,38H,18H2,1H3/b27-17-,32-28-,37-31+. The Morgan fingerprint density at radius 2 is 1.77 bits per heavy atom. The summed E-state index contributed by atoms with van der Waals surface area (Å²) in [7, 11) is 0. The summed E-state index contributed by atoms with van der Waals surface area (Å²) in [6.07, 6.45) is 4.93. The van der Waals surface area contributed by atoms with Gasteiger partial charge in [0.05, 0.1) is 22.5 Å². The number of para-hydroxylation sites is 2. The summed E-state index contributed by atoms with van der Waals surface area (Å²) < 4.78 is 12.5. The molecule has 7 nitrogen and oxygen atoms in total. The molecule has 2 aromatic heterocycles. The molecule has 5 aromatic rings. The van der Waals surface area contributed by atoms with E-state index >= 15 is 0 Å². The van der Waals surface area contributed by atoms with Crippen LogP contribution in [0, 0.1) is 6.92 Å². The summed E-state index contributed by atoms with van der Waals surface area (Å²) in [4.78, 5) is 13.5. The number of nitrogens with zero attached hydrogens (tertiary/aromatic N) is 4. The fourth-order valence-electron chi connectivity index (χ4n) is 4.59. The van der Waals surface area contributed by atoms with Crippen LogP contribution in [-0.2, 0) is 11.3 Å². The molecule has 3 heterocycles. The number of fused-ring (bicyclic) bond motifs is 1. The summed E-state index contributed by atoms with van der Waals surface area (Å²) in [5.41, 5.74) is 5.57. The molecule has 8 heteroatoms. The lowest BCUT2D eigenvalue weighted by Gasteiger charge is -2.28. The zero-order valence-corrected chi connectivity index (χ0v) is 22.2. The molecular formula is C32H23ClN4O3. The largest absolute Gasteiger partial charge is 0.488 e. The highest BCUT2D eigenvalue weighted by molar-refractivity contribution is 6.31. The van der Waals surface area contributed by atoms with Gasteiger partial charge in [-0.1, -0.05) is 77.4 Å². The number of halogens is 1. The molecule has 0 aliphatic carbocycles. The van der Waals surface area contributed by atoms with Gasteiger partial charge < -0.3 is 14.7 Å². The van der Waals surface area contributed by atoms with Crippen molar-refractivity contribution in [3.63, 3.8) is 0 Å². The van der Waals surface area contributed by atoms with Gasteiger partial charge in [0.25, 0.3) is 0 Å². The van der Waals surface area contributed by atoms with Crippen molar-refractivity contribution in [2.75, 3.05) is 0 Å². The minimum atomic E-state index is 0.259. The zero-order chi connectivity index (χ0) is 27.5. The van der Waals surface area contributed by atoms with Crippen molar-refractivity contribution in [2.24, 2.45) is 5.16 Å². The molecule has 0 saturated carbocycles. The van der Waals surface area contributed by atoms with Crippen LogP contribution in [0.25, 0.3) is 22.6 Å². The van der Waals surface area contributed by atoms with Gasteiger partial charge in [-0.15, -0.1) is 0 Å². The molecule has 1 saturated heterocycles. The second-order valence-corrected chi connectivity index (χ2v) is 9.49. The van der Waals surface area contributed by atoms with Crippen molar-refractivity contribution < 1.29 is 14.7 Å². The van der Waals surface area contributed by atoms with Crippen molar-refractivity contribution in [2.45, 2.75) is 13.5 Å². The Bertz CT molecular complexity index is 1820. The van der Waals surface area contributed by atoms with Gasteiger partial charge in [0, 0.05) is 33.8 Å². The summed E-state index contributed by atoms with van der Waals surface area (Å²) in [6, 6.07) is 26.6. The van der Waals surface area contributed by atoms with Crippen LogP contribution in [0.15, 0.2) is 114 Å². The molecule has 1 aliphatic rings. The molecule has 196 valence electrons. The number of hydrogen-bond donors (Lipinski definition) is 1. The maximum atomic E-state index is 10.1. The topological polar surface area (TPSA) is 89.7 Å². The van der Waals surface area contributed by atoms with Gasteiger partial charge in [-0.25, -0.2) is 9.97 Å². The van der Waals surface area contributed by atoms with Crippen molar-refractivity contribution in [3.8, 4) is 5.75 Å². The highest BCUT2D eigenvalue weighted by Gasteiger charge is 2.36. The second kappa shape index (κ2) is 11.0. The number of benzene rings is 3. The average Bonchev–Trinajstić information content (AvgIpc) is 2.97. The molecule has 0 atom stereocenters. The van der Waals surface area contributed by atoms with Gasteiger partial charge >= 0.3 is 0 Å². The summed E-state index contributed by atoms with van der Waals surface area (Å²) in [6.45, 7) is 2.26. The Labute approximate surface area is 235 Å². The van der Waals surface area contributed by atoms with Crippen LogP contribution in [0.3, 0.4) is 0 Å². The fourth-order valence-corrected chi connectivity index (χ4v) is 4.78. The molecule has 1 fully saturated rings. The Kier molecular flexibility index (Phi) is 6.95. The van der Waals surface area contributed by atoms with Gasteiger partial charge in [-0.3, -0.25) is 4.98 Å². The molecule has 0 amide bonds. The van der Waals surface area contributed by atoms with Gasteiger partial charge in [0.1, 0.15) is 18.7 Å². The van der Waals surface area contributed by atoms with E-state index in [1.165, 1.54) is 6.33 Å². The van der Waals surface area contributed by atoms with Gasteiger partial charge in [0.2, 0.25) is 0 Å². The molecule has 3 aromatic carbocycles. The highest BCUT2D eigenvalue weighted by Crippen LogP contribution is 2.42. The van der Waals surface area contributed by atoms with Crippen LogP contribution in [0.2, 0.25) is 5.02 Å². The first kappa shape index (κ1) is 25.3. The minimum absolute atomic E-state index is 0.259. The molecule has 0 spiro atoms. The molecule has 1 N–H and O–H groups in total. The average molecular weight is 547 g/mol. The lowest BCUT2D eigenvalue weighted by Crippen LogP contribution is -2.25. The Hall–Kier alpha value is -5.01. The van der Waals surface area contributed by atoms with Crippen molar-refractivity contribution in [1.29, 1.82) is 0 Å². The number of ether oxygens (including phenoxy) is 2. The van der Waals surface area contributed by atoms with E-state index in [0.29, 0.717) is 44.8 Å². The lowest BCUT2D eigenvalue weighted by atomic mass is 9.92. The predicted octanol–water partition coefficient (Wildman–Crippen LogP) is 7.23. The summed E-state index contributed by atoms with van der Waals surface area (Å²) >= 11 is 6.39. The summed E-state index contributed by atoms with van der Waals surface area (Å²) in [5.74, 6) is 1.34. The monoisotopic (exact) mass is 546 g/mol. The van der Waals surface area contributed by atoms with Crippen LogP contribution >= 0.6 is 11.6 Å². The third kappa shape index (κ3) is 4.79. The minimum Gasteiger partial charge on any atom is -0.488 e. The van der Waals surface area contributed by atoms with Crippen molar-refractivity contribution in [1.82, 2.24) is 15.0 Å². The smallest absolute Gasteiger partial charge is 0.188 e. The molecule has 40 heavy (non-hydrogen) atoms. The van der Waals surface area contributed by atoms with Gasteiger partial charge in [-0.2, -0.15) is 0 Å². The van der Waals surface area contributed by atoms with Crippen LogP contribution in [0.1, 0.15) is 28.1 Å². The van der Waals surface area contributed by atoms with Crippen LogP contribution in [0.5, 0.6) is 5.75 Å². The SMILES string of the molecule is Cc1cccc2c(\C(=C3/OC(=C\c4ccccn4)/C3=N\O)c3ccccc3OCc3ccccc3Cl)ncnc12. The van der Waals surface area contributed by atoms with Crippen molar-refractivity contribution >= 4 is 39.9 Å². The second-order valence-electron chi connectivity index (χ2n) is 9.09. The van der Waals surface area contributed by atoms with E-state index in [1.807, 2.05) is 91.9 Å². The van der Waals surface area contributed by atoms with Crippen LogP contribution in [0.4, 0.5) is 0 Å². The van der Waals surface area contributed by atoms with E-state index in [4.69, 9.17) is 21.1 Å². The number of rotatable bonds is 6. The lowest BCUT2D eigenvalue weighted by molar-refractivity contribution is 0.276. The van der Waals surface area contributed by atoms with E-state index < -0.39 is 0 Å². The Balaban J connectivity index is 1.52. The molecule has 0 bridgehead atoms. The first-order valence-electron chi connectivity index (χ1n) is 12.6. The van der Waals surface area contributed by atoms with E-state index in [2.05, 4.69) is 20.1 Å². The highest BCUT2D eigenvalue weighted by atomic mass is 35.5. The third-order valence-corrected chi connectivity index (χ3v) is 6.92. The van der Waals surface area contributed by atoms with Crippen LogP contribution < -0.4 is 4.74 Å². The zero-order valence-electron chi connectivity index (χ0n) is 21.5. The fraction of sp³-hybridized carbons (Fsp3) is 0.0625. The summed E-state index contributed by atoms with van der Waals surface area (Å²) in [5, 5.41) is 15.1. The van der Waals surface area contributed by atoms with Crippen molar-refractivity contribution in [3.05, 3.63) is 142 Å². The van der Waals surface area contributed by atoms with E-state index in [9.17, 15) is 5.21 Å². The van der Waals surface area contributed by atoms with Crippen LogP contribution in [-0.4, -0.2) is 25.9 Å². The van der Waals surface area contributed by atoms with E-state index in [1.54, 1.807) is 12.3 Å². The van der Waals surface area contributed by atoms with E-state index in [-0.39, 0.29) is 12.3 Å². The number of oxime groups is 1. The Morgan fingerprint density at radius 3 is 2.60 bits per heavy atom. The quantitative estimate of drug-likeness (QED) is 0.178. The third-order valence-electron chi connectivity index (χ3n) is 6.56. The Morgan fingerprint density at radius 1 is 0.950 bits per heavy atom. The van der Waals surface area contributed by atoms with E-state index in [0.717, 1.165) is 22.0 Å². The maximum absolute atomic E-state index is 10.1. The number of aromatic nitrogens is 3. The molecule has 6 rings (SSSR count). The molecule has 0 unspecified atom stereocenters.